The Morgan fingerprint density at radius 3 is 2.25 bits per heavy atom. The number of methoxy groups -OCH3 is 1. The zero-order valence-corrected chi connectivity index (χ0v) is 22.0. The molecule has 0 spiro atoms. The van der Waals surface area contributed by atoms with Gasteiger partial charge in [-0.1, -0.05) is 48.5 Å². The lowest BCUT2D eigenvalue weighted by Crippen LogP contribution is -2.22. The van der Waals surface area contributed by atoms with E-state index in [1.165, 1.54) is 16.5 Å². The van der Waals surface area contributed by atoms with E-state index in [4.69, 9.17) is 9.47 Å². The summed E-state index contributed by atoms with van der Waals surface area (Å²) in [6, 6.07) is 27.2. The Morgan fingerprint density at radius 2 is 1.50 bits per heavy atom. The Morgan fingerprint density at radius 1 is 0.778 bits per heavy atom. The summed E-state index contributed by atoms with van der Waals surface area (Å²) in [5.74, 6) is 0.570. The van der Waals surface area contributed by atoms with Crippen molar-refractivity contribution in [2.75, 3.05) is 7.11 Å². The highest BCUT2D eigenvalue weighted by molar-refractivity contribution is 6.00. The molecule has 4 aromatic carbocycles. The van der Waals surface area contributed by atoms with Gasteiger partial charge in [0.2, 0.25) is 0 Å². The molecule has 0 saturated carbocycles. The third kappa shape index (κ3) is 5.44. The van der Waals surface area contributed by atoms with Crippen molar-refractivity contribution in [2.45, 2.75) is 52.8 Å². The molecule has 1 unspecified atom stereocenters. The van der Waals surface area contributed by atoms with Gasteiger partial charge in [-0.05, 0) is 104 Å². The lowest BCUT2D eigenvalue weighted by atomic mass is 9.89. The van der Waals surface area contributed by atoms with E-state index in [1.807, 2.05) is 45.0 Å². The number of nitrogens with one attached hydrogen (secondary N) is 1. The molecule has 0 aliphatic rings. The Hall–Kier alpha value is -3.63. The first kappa shape index (κ1) is 25.5. The Bertz CT molecular complexity index is 1380. The number of carbonyl (C=O) groups is 1. The van der Waals surface area contributed by atoms with Crippen molar-refractivity contribution in [1.29, 1.82) is 0 Å². The van der Waals surface area contributed by atoms with Crippen LogP contribution in [0.2, 0.25) is 0 Å². The molecule has 0 aromatic heterocycles. The zero-order valence-electron chi connectivity index (χ0n) is 22.0. The van der Waals surface area contributed by atoms with Gasteiger partial charge in [0.25, 0.3) is 0 Å². The van der Waals surface area contributed by atoms with Crippen LogP contribution in [0.25, 0.3) is 21.9 Å². The minimum absolute atomic E-state index is 0.101. The van der Waals surface area contributed by atoms with Crippen LogP contribution in [0.1, 0.15) is 66.8 Å². The van der Waals surface area contributed by atoms with E-state index >= 15 is 0 Å². The van der Waals surface area contributed by atoms with Gasteiger partial charge in [0, 0.05) is 12.1 Å². The number of esters is 1. The van der Waals surface area contributed by atoms with Crippen molar-refractivity contribution in [2.24, 2.45) is 0 Å². The van der Waals surface area contributed by atoms with Gasteiger partial charge in [-0.2, -0.15) is 0 Å². The molecule has 0 amide bonds. The molecule has 1 N–H and O–H groups in total. The summed E-state index contributed by atoms with van der Waals surface area (Å²) >= 11 is 0. The third-order valence-electron chi connectivity index (χ3n) is 6.66. The molecule has 4 rings (SSSR count). The maximum Gasteiger partial charge on any atom is 0.338 e. The average molecular weight is 482 g/mol. The molecule has 0 aliphatic carbocycles. The Kier molecular flexibility index (Phi) is 7.76. The molecular weight excluding hydrogens is 446 g/mol. The molecule has 2 atom stereocenters. The van der Waals surface area contributed by atoms with E-state index in [2.05, 4.69) is 73.8 Å². The number of ether oxygens (including phenoxy) is 2. The fourth-order valence-electron chi connectivity index (χ4n) is 4.71. The highest BCUT2D eigenvalue weighted by atomic mass is 16.5. The second-order valence-corrected chi connectivity index (χ2v) is 9.61. The van der Waals surface area contributed by atoms with Crippen LogP contribution in [-0.2, 0) is 4.74 Å². The van der Waals surface area contributed by atoms with E-state index in [9.17, 15) is 4.79 Å². The number of hydrogen-bond acceptors (Lipinski definition) is 4. The van der Waals surface area contributed by atoms with Gasteiger partial charge in [0.1, 0.15) is 5.75 Å². The van der Waals surface area contributed by atoms with E-state index in [1.54, 1.807) is 7.11 Å². The molecule has 4 aromatic rings. The number of fused-ring (bicyclic) bond motifs is 1. The molecular formula is C32H35NO3. The Labute approximate surface area is 214 Å². The van der Waals surface area contributed by atoms with Gasteiger partial charge >= 0.3 is 5.97 Å². The van der Waals surface area contributed by atoms with Gasteiger partial charge < -0.3 is 14.8 Å². The standard InChI is InChI=1S/C32H35NO3/c1-20(2)36-32(34)29-16-10-15-28(21(29)3)31-19-26(17-25-11-7-8-14-30(25)31)23(5)33-22(4)24-12-9-13-27(18-24)35-6/h7-20,22-23,33H,1-6H3/t22-,23?/m1/s1. The van der Waals surface area contributed by atoms with Crippen LogP contribution in [0.5, 0.6) is 5.75 Å². The van der Waals surface area contributed by atoms with Crippen molar-refractivity contribution in [3.8, 4) is 16.9 Å². The highest BCUT2D eigenvalue weighted by Crippen LogP contribution is 2.35. The maximum absolute atomic E-state index is 12.8. The van der Waals surface area contributed by atoms with Gasteiger partial charge in [-0.3, -0.25) is 0 Å². The van der Waals surface area contributed by atoms with Crippen molar-refractivity contribution >= 4 is 16.7 Å². The summed E-state index contributed by atoms with van der Waals surface area (Å²) in [5.41, 5.74) is 6.05. The summed E-state index contributed by atoms with van der Waals surface area (Å²) < 4.78 is 10.9. The smallest absolute Gasteiger partial charge is 0.338 e. The first-order chi connectivity index (χ1) is 17.3. The average Bonchev–Trinajstić information content (AvgIpc) is 2.87. The van der Waals surface area contributed by atoms with Crippen molar-refractivity contribution in [1.82, 2.24) is 5.32 Å². The molecule has 36 heavy (non-hydrogen) atoms. The number of hydrogen-bond donors (Lipinski definition) is 1. The first-order valence-electron chi connectivity index (χ1n) is 12.5. The van der Waals surface area contributed by atoms with Gasteiger partial charge in [0.05, 0.1) is 18.8 Å². The topological polar surface area (TPSA) is 47.6 Å². The van der Waals surface area contributed by atoms with Crippen LogP contribution >= 0.6 is 0 Å². The van der Waals surface area contributed by atoms with Crippen LogP contribution in [0.15, 0.2) is 78.9 Å². The Balaban J connectivity index is 1.74. The summed E-state index contributed by atoms with van der Waals surface area (Å²) in [4.78, 5) is 12.8. The summed E-state index contributed by atoms with van der Waals surface area (Å²) in [6.07, 6.45) is -0.164. The first-order valence-corrected chi connectivity index (χ1v) is 12.5. The molecule has 4 nitrogen and oxygen atoms in total. The number of benzene rings is 4. The summed E-state index contributed by atoms with van der Waals surface area (Å²) in [7, 11) is 1.69. The molecule has 4 heteroatoms. The fourth-order valence-corrected chi connectivity index (χ4v) is 4.71. The minimum atomic E-state index is -0.285. The maximum atomic E-state index is 12.8. The van der Waals surface area contributed by atoms with E-state index < -0.39 is 0 Å². The van der Waals surface area contributed by atoms with Gasteiger partial charge in [-0.25, -0.2) is 4.79 Å². The van der Waals surface area contributed by atoms with E-state index in [0.717, 1.165) is 27.8 Å². The summed E-state index contributed by atoms with van der Waals surface area (Å²) in [6.45, 7) is 10.1. The van der Waals surface area contributed by atoms with Crippen molar-refractivity contribution in [3.63, 3.8) is 0 Å². The normalized spacial score (nSPS) is 13.0. The third-order valence-corrected chi connectivity index (χ3v) is 6.66. The van der Waals surface area contributed by atoms with Crippen molar-refractivity contribution in [3.05, 3.63) is 101 Å². The largest absolute Gasteiger partial charge is 0.497 e. The van der Waals surface area contributed by atoms with Crippen LogP contribution in [0, 0.1) is 6.92 Å². The predicted octanol–water partition coefficient (Wildman–Crippen LogP) is 7.80. The molecule has 0 radical (unpaired) electrons. The molecule has 0 fully saturated rings. The zero-order chi connectivity index (χ0) is 25.8. The number of rotatable bonds is 8. The van der Waals surface area contributed by atoms with E-state index in [-0.39, 0.29) is 24.2 Å². The van der Waals surface area contributed by atoms with Crippen LogP contribution in [0.4, 0.5) is 0 Å². The monoisotopic (exact) mass is 481 g/mol. The molecule has 0 bridgehead atoms. The van der Waals surface area contributed by atoms with Gasteiger partial charge in [0.15, 0.2) is 0 Å². The molecule has 0 saturated heterocycles. The fraction of sp³-hybridized carbons (Fsp3) is 0.281. The minimum Gasteiger partial charge on any atom is -0.497 e. The summed E-state index contributed by atoms with van der Waals surface area (Å²) in [5, 5.41) is 6.07. The second-order valence-electron chi connectivity index (χ2n) is 9.61. The lowest BCUT2D eigenvalue weighted by Gasteiger charge is -2.23. The predicted molar refractivity (Wildman–Crippen MR) is 148 cm³/mol. The quantitative estimate of drug-likeness (QED) is 0.261. The van der Waals surface area contributed by atoms with E-state index in [0.29, 0.717) is 5.56 Å². The second kappa shape index (κ2) is 11.0. The van der Waals surface area contributed by atoms with Crippen molar-refractivity contribution < 1.29 is 14.3 Å². The van der Waals surface area contributed by atoms with Gasteiger partial charge in [-0.15, -0.1) is 0 Å². The lowest BCUT2D eigenvalue weighted by molar-refractivity contribution is 0.0377. The molecule has 186 valence electrons. The number of carbonyl (C=O) groups excluding carboxylic acids is 1. The van der Waals surface area contributed by atoms with Crippen LogP contribution in [-0.4, -0.2) is 19.2 Å². The molecule has 0 aliphatic heterocycles. The SMILES string of the molecule is COc1cccc([C@@H](C)NC(C)c2cc(-c3cccc(C(=O)OC(C)C)c3C)c3ccccc3c2)c1. The van der Waals surface area contributed by atoms with Crippen LogP contribution < -0.4 is 10.1 Å². The van der Waals surface area contributed by atoms with Crippen LogP contribution in [0.3, 0.4) is 0 Å². The highest BCUT2D eigenvalue weighted by Gasteiger charge is 2.19. The molecule has 0 heterocycles.